The number of carbonyl (C=O) groups excluding carboxylic acids is 2. The number of carbonyl (C=O) groups is 2. The van der Waals surface area contributed by atoms with Gasteiger partial charge in [0, 0.05) is 26.3 Å². The Morgan fingerprint density at radius 1 is 1.07 bits per heavy atom. The number of hydrogen-bond donors (Lipinski definition) is 2. The number of hydrogen-bond acceptors (Lipinski definition) is 8. The van der Waals surface area contributed by atoms with Gasteiger partial charge in [-0.1, -0.05) is 50.6 Å². The SMILES string of the molecule is CC(C)(C)c1csc(CSc2cccc(C(=O)NC(Oc3ccc(CCCS(=O)(=O)c4ccc(Cl)cc4)cc3)C(N)=O)c2)n1. The Balaban J connectivity index is 1.30. The van der Waals surface area contributed by atoms with E-state index in [1.165, 1.54) is 12.1 Å². The number of halogens is 1. The van der Waals surface area contributed by atoms with Gasteiger partial charge in [-0.2, -0.15) is 0 Å². The Morgan fingerprint density at radius 3 is 2.41 bits per heavy atom. The first kappa shape index (κ1) is 33.5. The molecule has 0 aliphatic heterocycles. The highest BCUT2D eigenvalue weighted by molar-refractivity contribution is 7.98. The first-order valence-corrected chi connectivity index (χ1v) is 17.7. The Kier molecular flexibility index (Phi) is 11.1. The van der Waals surface area contributed by atoms with Crippen LogP contribution in [0.5, 0.6) is 5.75 Å². The standard InChI is InChI=1S/C32H34ClN3O5S3/c1-32(2,3)27-19-43-28(35-27)20-42-25-8-4-7-22(18-25)30(38)36-31(29(34)37)41-24-13-9-21(10-14-24)6-5-17-44(39,40)26-15-11-23(33)12-16-26/h4,7-16,18-19,31H,5-6,17,20H2,1-3H3,(H2,34,37)(H,36,38). The van der Waals surface area contributed by atoms with Crippen LogP contribution in [0, 0.1) is 0 Å². The number of sulfone groups is 1. The van der Waals surface area contributed by atoms with Crippen LogP contribution in [0.3, 0.4) is 0 Å². The zero-order chi connectivity index (χ0) is 31.9. The van der Waals surface area contributed by atoms with E-state index in [1.807, 2.05) is 6.07 Å². The van der Waals surface area contributed by atoms with Crippen LogP contribution in [0.2, 0.25) is 5.02 Å². The number of thiazole rings is 1. The van der Waals surface area contributed by atoms with Crippen LogP contribution in [0.25, 0.3) is 0 Å². The van der Waals surface area contributed by atoms with Gasteiger partial charge in [0.1, 0.15) is 10.8 Å². The van der Waals surface area contributed by atoms with E-state index < -0.39 is 27.9 Å². The summed E-state index contributed by atoms with van der Waals surface area (Å²) in [7, 11) is -3.42. The monoisotopic (exact) mass is 671 g/mol. The largest absolute Gasteiger partial charge is 0.461 e. The minimum absolute atomic E-state index is 0.00851. The molecule has 1 aromatic heterocycles. The lowest BCUT2D eigenvalue weighted by Gasteiger charge is -2.18. The smallest absolute Gasteiger partial charge is 0.280 e. The lowest BCUT2D eigenvalue weighted by Crippen LogP contribution is -2.48. The zero-order valence-corrected chi connectivity index (χ0v) is 27.8. The summed E-state index contributed by atoms with van der Waals surface area (Å²) < 4.78 is 30.8. The quantitative estimate of drug-likeness (QED) is 0.124. The van der Waals surface area contributed by atoms with E-state index in [2.05, 4.69) is 31.5 Å². The van der Waals surface area contributed by atoms with Crippen molar-refractivity contribution in [1.82, 2.24) is 10.3 Å². The summed E-state index contributed by atoms with van der Waals surface area (Å²) in [6.45, 7) is 6.38. The number of aromatic nitrogens is 1. The molecule has 0 fully saturated rings. The van der Waals surface area contributed by atoms with Crippen LogP contribution in [0.4, 0.5) is 0 Å². The van der Waals surface area contributed by atoms with Crippen LogP contribution in [0.15, 0.2) is 88.0 Å². The normalized spacial score (nSPS) is 12.5. The summed E-state index contributed by atoms with van der Waals surface area (Å²) in [5.74, 6) is -0.356. The summed E-state index contributed by atoms with van der Waals surface area (Å²) in [6, 6.07) is 20.0. The molecule has 0 aliphatic carbocycles. The number of thioether (sulfide) groups is 1. The molecule has 232 valence electrons. The summed E-state index contributed by atoms with van der Waals surface area (Å²) in [4.78, 5) is 30.9. The van der Waals surface area contributed by atoms with Crippen molar-refractivity contribution in [3.05, 3.63) is 105 Å². The zero-order valence-electron chi connectivity index (χ0n) is 24.6. The molecule has 1 atom stereocenters. The predicted molar refractivity (Wildman–Crippen MR) is 176 cm³/mol. The topological polar surface area (TPSA) is 128 Å². The van der Waals surface area contributed by atoms with Gasteiger partial charge in [0.25, 0.3) is 18.0 Å². The summed E-state index contributed by atoms with van der Waals surface area (Å²) in [6.07, 6.45) is -0.442. The fourth-order valence-electron chi connectivity index (χ4n) is 4.05. The highest BCUT2D eigenvalue weighted by atomic mass is 35.5. The van der Waals surface area contributed by atoms with E-state index in [-0.39, 0.29) is 16.1 Å². The molecule has 1 unspecified atom stereocenters. The van der Waals surface area contributed by atoms with Crippen LogP contribution in [-0.4, -0.2) is 37.2 Å². The van der Waals surface area contributed by atoms with Crippen molar-refractivity contribution in [3.8, 4) is 5.75 Å². The molecular formula is C32H34ClN3O5S3. The van der Waals surface area contributed by atoms with Crippen molar-refractivity contribution >= 4 is 56.4 Å². The van der Waals surface area contributed by atoms with Gasteiger partial charge in [-0.25, -0.2) is 13.4 Å². The molecule has 3 aromatic carbocycles. The second-order valence-electron chi connectivity index (χ2n) is 11.1. The molecular weight excluding hydrogens is 638 g/mol. The molecule has 2 amide bonds. The minimum atomic E-state index is -3.42. The molecule has 0 saturated carbocycles. The average Bonchev–Trinajstić information content (AvgIpc) is 3.47. The van der Waals surface area contributed by atoms with E-state index in [0.717, 1.165) is 21.2 Å². The minimum Gasteiger partial charge on any atom is -0.461 e. The number of ether oxygens (including phenoxy) is 1. The van der Waals surface area contributed by atoms with Gasteiger partial charge < -0.3 is 15.8 Å². The van der Waals surface area contributed by atoms with Crippen molar-refractivity contribution in [2.75, 3.05) is 5.75 Å². The second-order valence-corrected chi connectivity index (χ2v) is 15.6. The maximum absolute atomic E-state index is 13.0. The Bertz CT molecular complexity index is 1700. The summed E-state index contributed by atoms with van der Waals surface area (Å²) in [5.41, 5.74) is 7.83. The first-order chi connectivity index (χ1) is 20.8. The second kappa shape index (κ2) is 14.6. The molecule has 12 heteroatoms. The third-order valence-corrected chi connectivity index (χ3v) is 10.6. The third kappa shape index (κ3) is 9.56. The highest BCUT2D eigenvalue weighted by Gasteiger charge is 2.22. The fourth-order valence-corrected chi connectivity index (χ4v) is 7.48. The Morgan fingerprint density at radius 2 is 1.77 bits per heavy atom. The molecule has 1 heterocycles. The lowest BCUT2D eigenvalue weighted by atomic mass is 9.93. The molecule has 0 bridgehead atoms. The molecule has 3 N–H and O–H groups in total. The van der Waals surface area contributed by atoms with Crippen molar-refractivity contribution in [2.45, 2.75) is 60.8 Å². The van der Waals surface area contributed by atoms with Crippen LogP contribution < -0.4 is 15.8 Å². The maximum atomic E-state index is 13.0. The molecule has 8 nitrogen and oxygen atoms in total. The number of aryl methyl sites for hydroxylation is 1. The first-order valence-electron chi connectivity index (χ1n) is 13.8. The van der Waals surface area contributed by atoms with Gasteiger partial charge in [-0.3, -0.25) is 9.59 Å². The number of nitrogens with zero attached hydrogens (tertiary/aromatic N) is 1. The van der Waals surface area contributed by atoms with Gasteiger partial charge in [0.05, 0.1) is 22.1 Å². The molecule has 0 saturated heterocycles. The molecule has 0 radical (unpaired) electrons. The van der Waals surface area contributed by atoms with Crippen molar-refractivity contribution in [2.24, 2.45) is 5.73 Å². The number of primary amides is 1. The number of rotatable bonds is 13. The summed E-state index contributed by atoms with van der Waals surface area (Å²) >= 11 is 9.04. The van der Waals surface area contributed by atoms with Crippen LogP contribution >= 0.6 is 34.7 Å². The predicted octanol–water partition coefficient (Wildman–Crippen LogP) is 6.41. The molecule has 4 rings (SSSR count). The van der Waals surface area contributed by atoms with E-state index in [9.17, 15) is 18.0 Å². The fraction of sp³-hybridized carbons (Fsp3) is 0.281. The maximum Gasteiger partial charge on any atom is 0.280 e. The van der Waals surface area contributed by atoms with Gasteiger partial charge in [-0.15, -0.1) is 23.1 Å². The van der Waals surface area contributed by atoms with Gasteiger partial charge >= 0.3 is 0 Å². The van der Waals surface area contributed by atoms with Crippen molar-refractivity contribution in [1.29, 1.82) is 0 Å². The Labute approximate surface area is 271 Å². The summed E-state index contributed by atoms with van der Waals surface area (Å²) in [5, 5.41) is 6.12. The molecule has 4 aromatic rings. The van der Waals surface area contributed by atoms with E-state index >= 15 is 0 Å². The van der Waals surface area contributed by atoms with E-state index in [1.54, 1.807) is 77.7 Å². The van der Waals surface area contributed by atoms with Crippen molar-refractivity contribution in [3.63, 3.8) is 0 Å². The van der Waals surface area contributed by atoms with E-state index in [0.29, 0.717) is 34.9 Å². The number of benzene rings is 3. The highest BCUT2D eigenvalue weighted by Crippen LogP contribution is 2.29. The molecule has 0 aliphatic rings. The molecule has 0 spiro atoms. The Hall–Kier alpha value is -3.38. The lowest BCUT2D eigenvalue weighted by molar-refractivity contribution is -0.125. The number of nitrogens with two attached hydrogens (primary N) is 1. The molecule has 44 heavy (non-hydrogen) atoms. The van der Waals surface area contributed by atoms with Crippen LogP contribution in [-0.2, 0) is 32.2 Å². The number of nitrogens with one attached hydrogen (secondary N) is 1. The van der Waals surface area contributed by atoms with Gasteiger partial charge in [0.2, 0.25) is 0 Å². The number of amides is 2. The third-order valence-electron chi connectivity index (χ3n) is 6.53. The average molecular weight is 672 g/mol. The van der Waals surface area contributed by atoms with Gasteiger partial charge in [-0.05, 0) is 73.0 Å². The van der Waals surface area contributed by atoms with Crippen LogP contribution in [0.1, 0.15) is 53.8 Å². The van der Waals surface area contributed by atoms with Gasteiger partial charge in [0.15, 0.2) is 9.84 Å². The van der Waals surface area contributed by atoms with E-state index in [4.69, 9.17) is 27.1 Å². The van der Waals surface area contributed by atoms with Crippen molar-refractivity contribution < 1.29 is 22.7 Å².